The molecular formula is C22H20O5. The van der Waals surface area contributed by atoms with E-state index < -0.39 is 11.9 Å². The second kappa shape index (κ2) is 8.36. The minimum atomic E-state index is -0.464. The third-order valence-electron chi connectivity index (χ3n) is 4.01. The van der Waals surface area contributed by atoms with Crippen LogP contribution in [0.5, 0.6) is 11.5 Å². The van der Waals surface area contributed by atoms with Crippen molar-refractivity contribution in [3.05, 3.63) is 71.8 Å². The number of rotatable bonds is 6. The zero-order chi connectivity index (χ0) is 19.2. The molecule has 0 aliphatic carbocycles. The molecular weight excluding hydrogens is 344 g/mol. The van der Waals surface area contributed by atoms with Gasteiger partial charge in [0.05, 0.1) is 24.8 Å². The lowest BCUT2D eigenvalue weighted by molar-refractivity contribution is 0.0600. The Balaban J connectivity index is 1.74. The topological polar surface area (TPSA) is 61.8 Å². The van der Waals surface area contributed by atoms with Crippen LogP contribution in [0.4, 0.5) is 0 Å². The molecule has 0 bridgehead atoms. The van der Waals surface area contributed by atoms with E-state index in [1.54, 1.807) is 36.4 Å². The summed E-state index contributed by atoms with van der Waals surface area (Å²) in [6, 6.07) is 17.3. The zero-order valence-electron chi connectivity index (χ0n) is 15.2. The molecule has 0 spiro atoms. The van der Waals surface area contributed by atoms with Crippen LogP contribution in [0.1, 0.15) is 34.1 Å². The molecule has 5 heteroatoms. The van der Waals surface area contributed by atoms with Gasteiger partial charge in [-0.3, -0.25) is 0 Å². The lowest BCUT2D eigenvalue weighted by Gasteiger charge is -2.08. The molecule has 0 aromatic heterocycles. The molecule has 138 valence electrons. The van der Waals surface area contributed by atoms with Crippen molar-refractivity contribution in [2.45, 2.75) is 13.3 Å². The zero-order valence-corrected chi connectivity index (χ0v) is 15.2. The average Bonchev–Trinajstić information content (AvgIpc) is 2.71. The van der Waals surface area contributed by atoms with Crippen molar-refractivity contribution >= 4 is 22.7 Å². The number of hydrogen-bond donors (Lipinski definition) is 0. The fraction of sp³-hybridized carbons (Fsp3) is 0.182. The van der Waals surface area contributed by atoms with Gasteiger partial charge in [-0.2, -0.15) is 0 Å². The second-order valence-corrected chi connectivity index (χ2v) is 5.98. The van der Waals surface area contributed by atoms with Gasteiger partial charge in [-0.15, -0.1) is 0 Å². The Morgan fingerprint density at radius 3 is 2.11 bits per heavy atom. The van der Waals surface area contributed by atoms with E-state index in [1.807, 2.05) is 24.3 Å². The summed E-state index contributed by atoms with van der Waals surface area (Å²) in [5.41, 5.74) is 0.839. The lowest BCUT2D eigenvalue weighted by Crippen LogP contribution is -2.08. The van der Waals surface area contributed by atoms with Crippen LogP contribution in [-0.2, 0) is 4.74 Å². The van der Waals surface area contributed by atoms with Gasteiger partial charge in [0.25, 0.3) is 0 Å². The molecule has 3 aromatic carbocycles. The van der Waals surface area contributed by atoms with Gasteiger partial charge in [0.2, 0.25) is 0 Å². The maximum Gasteiger partial charge on any atom is 0.343 e. The average molecular weight is 364 g/mol. The highest BCUT2D eigenvalue weighted by Gasteiger charge is 2.11. The summed E-state index contributed by atoms with van der Waals surface area (Å²) in [5, 5.41) is 1.91. The van der Waals surface area contributed by atoms with Crippen molar-refractivity contribution < 1.29 is 23.8 Å². The molecule has 0 saturated carbocycles. The molecule has 0 fully saturated rings. The smallest absolute Gasteiger partial charge is 0.343 e. The number of carbonyl (C=O) groups is 2. The first kappa shape index (κ1) is 18.5. The Labute approximate surface area is 157 Å². The van der Waals surface area contributed by atoms with Gasteiger partial charge >= 0.3 is 11.9 Å². The number of methoxy groups -OCH3 is 1. The van der Waals surface area contributed by atoms with E-state index in [9.17, 15) is 9.59 Å². The van der Waals surface area contributed by atoms with Crippen molar-refractivity contribution in [2.24, 2.45) is 0 Å². The third kappa shape index (κ3) is 4.44. The monoisotopic (exact) mass is 364 g/mol. The van der Waals surface area contributed by atoms with Gasteiger partial charge in [-0.1, -0.05) is 19.1 Å². The molecule has 0 saturated heterocycles. The van der Waals surface area contributed by atoms with E-state index in [-0.39, 0.29) is 0 Å². The third-order valence-corrected chi connectivity index (χ3v) is 4.01. The van der Waals surface area contributed by atoms with Crippen LogP contribution in [0.3, 0.4) is 0 Å². The number of hydrogen-bond acceptors (Lipinski definition) is 5. The van der Waals surface area contributed by atoms with Crippen molar-refractivity contribution in [3.63, 3.8) is 0 Å². The number of ether oxygens (including phenoxy) is 3. The van der Waals surface area contributed by atoms with E-state index in [4.69, 9.17) is 9.47 Å². The number of fused-ring (bicyclic) bond motifs is 1. The van der Waals surface area contributed by atoms with Crippen LogP contribution in [0.2, 0.25) is 0 Å². The molecule has 0 radical (unpaired) electrons. The quantitative estimate of drug-likeness (QED) is 0.471. The largest absolute Gasteiger partial charge is 0.494 e. The predicted octanol–water partition coefficient (Wildman–Crippen LogP) is 4.63. The molecule has 0 amide bonds. The van der Waals surface area contributed by atoms with E-state index in [0.717, 1.165) is 22.9 Å². The number of benzene rings is 3. The van der Waals surface area contributed by atoms with Crippen LogP contribution in [-0.4, -0.2) is 25.7 Å². The predicted molar refractivity (Wildman–Crippen MR) is 102 cm³/mol. The minimum absolute atomic E-state index is 0.357. The van der Waals surface area contributed by atoms with Crippen LogP contribution >= 0.6 is 0 Å². The first-order valence-corrected chi connectivity index (χ1v) is 8.68. The highest BCUT2D eigenvalue weighted by Crippen LogP contribution is 2.23. The summed E-state index contributed by atoms with van der Waals surface area (Å²) in [6.07, 6.45) is 0.948. The van der Waals surface area contributed by atoms with E-state index >= 15 is 0 Å². The molecule has 27 heavy (non-hydrogen) atoms. The van der Waals surface area contributed by atoms with Gasteiger partial charge < -0.3 is 14.2 Å². The normalized spacial score (nSPS) is 10.4. The summed E-state index contributed by atoms with van der Waals surface area (Å²) < 4.78 is 15.7. The highest BCUT2D eigenvalue weighted by atomic mass is 16.5. The molecule has 5 nitrogen and oxygen atoms in total. The molecule has 0 aliphatic rings. The van der Waals surface area contributed by atoms with E-state index in [2.05, 4.69) is 11.7 Å². The fourth-order valence-corrected chi connectivity index (χ4v) is 2.60. The summed E-state index contributed by atoms with van der Waals surface area (Å²) in [4.78, 5) is 23.8. The highest BCUT2D eigenvalue weighted by molar-refractivity contribution is 5.97. The summed E-state index contributed by atoms with van der Waals surface area (Å²) in [6.45, 7) is 2.73. The van der Waals surface area contributed by atoms with Gasteiger partial charge in [-0.05, 0) is 65.7 Å². The Morgan fingerprint density at radius 1 is 0.778 bits per heavy atom. The van der Waals surface area contributed by atoms with Crippen molar-refractivity contribution in [1.82, 2.24) is 0 Å². The Morgan fingerprint density at radius 2 is 1.41 bits per heavy atom. The molecule has 3 rings (SSSR count). The van der Waals surface area contributed by atoms with Crippen LogP contribution in [0.25, 0.3) is 10.8 Å². The lowest BCUT2D eigenvalue weighted by atomic mass is 10.1. The van der Waals surface area contributed by atoms with Crippen LogP contribution in [0, 0.1) is 0 Å². The summed E-state index contributed by atoms with van der Waals surface area (Å²) in [5.74, 6) is 0.264. The van der Waals surface area contributed by atoms with Crippen molar-refractivity contribution in [3.8, 4) is 11.5 Å². The van der Waals surface area contributed by atoms with Gasteiger partial charge in [-0.25, -0.2) is 9.59 Å². The number of esters is 2. The van der Waals surface area contributed by atoms with E-state index in [0.29, 0.717) is 23.5 Å². The Kier molecular flexibility index (Phi) is 5.71. The Bertz CT molecular complexity index is 960. The molecule has 3 aromatic rings. The molecule has 0 aliphatic heterocycles. The van der Waals surface area contributed by atoms with E-state index in [1.165, 1.54) is 7.11 Å². The SMILES string of the molecule is CCCOc1ccc2cc(C(=O)Oc3ccc(C(=O)OC)cc3)ccc2c1. The fourth-order valence-electron chi connectivity index (χ4n) is 2.60. The number of carbonyl (C=O) groups excluding carboxylic acids is 2. The first-order chi connectivity index (χ1) is 13.1. The second-order valence-electron chi connectivity index (χ2n) is 5.98. The van der Waals surface area contributed by atoms with Gasteiger partial charge in [0.15, 0.2) is 0 Å². The first-order valence-electron chi connectivity index (χ1n) is 8.68. The maximum absolute atomic E-state index is 12.4. The summed E-state index contributed by atoms with van der Waals surface area (Å²) >= 11 is 0. The van der Waals surface area contributed by atoms with Crippen molar-refractivity contribution in [2.75, 3.05) is 13.7 Å². The van der Waals surface area contributed by atoms with Gasteiger partial charge in [0.1, 0.15) is 11.5 Å². The Hall–Kier alpha value is -3.34. The minimum Gasteiger partial charge on any atom is -0.494 e. The molecule has 0 heterocycles. The molecule has 0 N–H and O–H groups in total. The maximum atomic E-state index is 12.4. The molecule has 0 unspecified atom stereocenters. The molecule has 0 atom stereocenters. The van der Waals surface area contributed by atoms with Crippen LogP contribution < -0.4 is 9.47 Å². The van der Waals surface area contributed by atoms with Crippen LogP contribution in [0.15, 0.2) is 60.7 Å². The standard InChI is InChI=1S/C22H20O5/c1-3-12-26-20-11-8-16-13-18(5-4-17(16)14-20)22(24)27-19-9-6-15(7-10-19)21(23)25-2/h4-11,13-14H,3,12H2,1-2H3. The van der Waals surface area contributed by atoms with Gasteiger partial charge in [0, 0.05) is 0 Å². The summed E-state index contributed by atoms with van der Waals surface area (Å²) in [7, 11) is 1.31. The van der Waals surface area contributed by atoms with Crippen molar-refractivity contribution in [1.29, 1.82) is 0 Å².